The summed E-state index contributed by atoms with van der Waals surface area (Å²) in [4.78, 5) is 15.6. The summed E-state index contributed by atoms with van der Waals surface area (Å²) in [5, 5.41) is 12.8. The maximum Gasteiger partial charge on any atom is 0.344 e. The Labute approximate surface area is 150 Å². The quantitative estimate of drug-likeness (QED) is 0.598. The number of nitrogens with zero attached hydrogens (tertiary/aromatic N) is 1. The fourth-order valence-electron chi connectivity index (χ4n) is 6.80. The van der Waals surface area contributed by atoms with Crippen molar-refractivity contribution in [2.24, 2.45) is 39.7 Å². The second kappa shape index (κ2) is 6.14. The highest BCUT2D eigenvalue weighted by Crippen LogP contribution is 2.64. The van der Waals surface area contributed by atoms with Crippen molar-refractivity contribution in [3.8, 4) is 0 Å². The highest BCUT2D eigenvalue weighted by Gasteiger charge is 2.56. The first kappa shape index (κ1) is 17.1. The van der Waals surface area contributed by atoms with Crippen LogP contribution >= 0.6 is 0 Å². The van der Waals surface area contributed by atoms with Gasteiger partial charge in [0.05, 0.1) is 5.71 Å². The molecule has 0 saturated heterocycles. The Morgan fingerprint density at radius 3 is 2.92 bits per heavy atom. The Balaban J connectivity index is 1.47. The lowest BCUT2D eigenvalue weighted by Gasteiger charge is -2.59. The minimum absolute atomic E-state index is 0.330. The van der Waals surface area contributed by atoms with E-state index in [0.717, 1.165) is 36.3 Å². The zero-order valence-electron chi connectivity index (χ0n) is 15.5. The number of allylic oxidation sites excluding steroid dienone is 2. The molecule has 0 radical (unpaired) electrons. The number of fused-ring (bicyclic) bond motifs is 5. The molecular weight excluding hydrogens is 314 g/mol. The van der Waals surface area contributed by atoms with Crippen LogP contribution in [-0.2, 0) is 9.63 Å². The molecule has 3 fully saturated rings. The minimum atomic E-state index is -0.957. The predicted octanol–water partition coefficient (Wildman–Crippen LogP) is 4.65. The van der Waals surface area contributed by atoms with Crippen molar-refractivity contribution >= 4 is 11.7 Å². The summed E-state index contributed by atoms with van der Waals surface area (Å²) in [7, 11) is 0. The highest BCUT2D eigenvalue weighted by atomic mass is 16.6. The van der Waals surface area contributed by atoms with Gasteiger partial charge in [0.15, 0.2) is 0 Å². The second-order valence-electron chi connectivity index (χ2n) is 9.37. The molecular formula is C21H31NO3. The summed E-state index contributed by atoms with van der Waals surface area (Å²) in [5.41, 5.74) is 1.96. The molecule has 0 aliphatic heterocycles. The number of oxime groups is 1. The van der Waals surface area contributed by atoms with Crippen molar-refractivity contribution < 1.29 is 14.7 Å². The largest absolute Gasteiger partial charge is 0.479 e. The SMILES string of the molecule is C[C@]12CC/C(=N/OCC(=O)O)C[C@@H]1CC[C@@H]1[C@@H]2CC[C@]2(C)C=CC[C@@H]12. The molecule has 0 spiro atoms. The molecule has 4 aliphatic rings. The lowest BCUT2D eigenvalue weighted by atomic mass is 9.45. The van der Waals surface area contributed by atoms with Crippen molar-refractivity contribution in [2.45, 2.75) is 65.2 Å². The van der Waals surface area contributed by atoms with Crippen molar-refractivity contribution in [1.82, 2.24) is 0 Å². The smallest absolute Gasteiger partial charge is 0.344 e. The first-order valence-electron chi connectivity index (χ1n) is 9.99. The van der Waals surface area contributed by atoms with Crippen LogP contribution in [0.5, 0.6) is 0 Å². The molecule has 0 bridgehead atoms. The van der Waals surface area contributed by atoms with Gasteiger partial charge >= 0.3 is 5.97 Å². The predicted molar refractivity (Wildman–Crippen MR) is 97.3 cm³/mol. The van der Waals surface area contributed by atoms with Gasteiger partial charge in [-0.2, -0.15) is 0 Å². The molecule has 4 nitrogen and oxygen atoms in total. The number of aliphatic carboxylic acids is 1. The van der Waals surface area contributed by atoms with Crippen molar-refractivity contribution in [2.75, 3.05) is 6.61 Å². The summed E-state index contributed by atoms with van der Waals surface area (Å²) >= 11 is 0. The van der Waals surface area contributed by atoms with Crippen LogP contribution in [0.15, 0.2) is 17.3 Å². The van der Waals surface area contributed by atoms with Crippen LogP contribution in [0.3, 0.4) is 0 Å². The van der Waals surface area contributed by atoms with E-state index >= 15 is 0 Å². The van der Waals surface area contributed by atoms with E-state index in [2.05, 4.69) is 31.2 Å². The number of hydrogen-bond acceptors (Lipinski definition) is 3. The van der Waals surface area contributed by atoms with Crippen LogP contribution in [0.2, 0.25) is 0 Å². The zero-order chi connectivity index (χ0) is 17.7. The Morgan fingerprint density at radius 1 is 1.28 bits per heavy atom. The van der Waals surface area contributed by atoms with E-state index in [1.165, 1.54) is 38.5 Å². The Bertz CT molecular complexity index is 612. The van der Waals surface area contributed by atoms with Crippen LogP contribution in [0.25, 0.3) is 0 Å². The van der Waals surface area contributed by atoms with E-state index in [4.69, 9.17) is 9.94 Å². The Morgan fingerprint density at radius 2 is 2.12 bits per heavy atom. The first-order chi connectivity index (χ1) is 11.9. The topological polar surface area (TPSA) is 58.9 Å². The Hall–Kier alpha value is -1.32. The number of carboxylic acids is 1. The Kier molecular flexibility index (Phi) is 4.20. The standard InChI is InChI=1S/C21H31NO3/c1-20-9-3-4-17(20)16-6-5-14-12-15(22-25-13-19(23)24)7-11-21(14,2)18(16)8-10-20/h3,9,14,16-18H,4-8,10-13H2,1-2H3,(H,23,24)/b22-15-/t14-,16-,17-,18-,20-,21-/m0/s1. The number of hydrogen-bond donors (Lipinski definition) is 1. The van der Waals surface area contributed by atoms with E-state index in [-0.39, 0.29) is 6.61 Å². The van der Waals surface area contributed by atoms with Crippen molar-refractivity contribution in [3.63, 3.8) is 0 Å². The van der Waals surface area contributed by atoms with Gasteiger partial charge in [-0.05, 0) is 85.9 Å². The van der Waals surface area contributed by atoms with Crippen LogP contribution in [-0.4, -0.2) is 23.4 Å². The lowest BCUT2D eigenvalue weighted by Crippen LogP contribution is -2.52. The highest BCUT2D eigenvalue weighted by molar-refractivity contribution is 5.85. The van der Waals surface area contributed by atoms with Gasteiger partial charge in [-0.1, -0.05) is 31.2 Å². The summed E-state index contributed by atoms with van der Waals surface area (Å²) in [6.45, 7) is 4.69. The van der Waals surface area contributed by atoms with Gasteiger partial charge in [0, 0.05) is 0 Å². The molecule has 0 aromatic carbocycles. The van der Waals surface area contributed by atoms with E-state index in [1.807, 2.05) is 0 Å². The molecule has 1 N–H and O–H groups in total. The molecule has 0 heterocycles. The van der Waals surface area contributed by atoms with Crippen LogP contribution in [0.4, 0.5) is 0 Å². The average molecular weight is 345 g/mol. The van der Waals surface area contributed by atoms with Gasteiger partial charge in [-0.15, -0.1) is 0 Å². The summed E-state index contributed by atoms with van der Waals surface area (Å²) < 4.78 is 0. The third kappa shape index (κ3) is 2.82. The summed E-state index contributed by atoms with van der Waals surface area (Å²) in [5.74, 6) is 2.33. The van der Waals surface area contributed by atoms with Crippen LogP contribution in [0, 0.1) is 34.5 Å². The third-order valence-electron chi connectivity index (χ3n) is 8.21. The average Bonchev–Trinajstić information content (AvgIpc) is 2.96. The maximum atomic E-state index is 10.6. The monoisotopic (exact) mass is 345 g/mol. The molecule has 4 heteroatoms. The molecule has 0 aromatic heterocycles. The minimum Gasteiger partial charge on any atom is -0.479 e. The lowest BCUT2D eigenvalue weighted by molar-refractivity contribution is -0.142. The molecule has 3 saturated carbocycles. The van der Waals surface area contributed by atoms with Gasteiger partial charge in [-0.25, -0.2) is 4.79 Å². The molecule has 0 amide bonds. The molecule has 25 heavy (non-hydrogen) atoms. The van der Waals surface area contributed by atoms with Crippen LogP contribution < -0.4 is 0 Å². The normalized spacial score (nSPS) is 47.0. The molecule has 4 rings (SSSR count). The number of carboxylic acid groups (broad SMARTS) is 1. The molecule has 0 unspecified atom stereocenters. The zero-order valence-corrected chi connectivity index (χ0v) is 15.5. The maximum absolute atomic E-state index is 10.6. The fraction of sp³-hybridized carbons (Fsp3) is 0.810. The van der Waals surface area contributed by atoms with Gasteiger partial charge in [0.1, 0.15) is 0 Å². The third-order valence-corrected chi connectivity index (χ3v) is 8.21. The van der Waals surface area contributed by atoms with E-state index in [0.29, 0.717) is 16.7 Å². The van der Waals surface area contributed by atoms with Gasteiger partial charge in [-0.3, -0.25) is 0 Å². The van der Waals surface area contributed by atoms with Gasteiger partial charge in [0.2, 0.25) is 6.61 Å². The van der Waals surface area contributed by atoms with Crippen molar-refractivity contribution in [1.29, 1.82) is 0 Å². The second-order valence-corrected chi connectivity index (χ2v) is 9.37. The fourth-order valence-corrected chi connectivity index (χ4v) is 6.80. The van der Waals surface area contributed by atoms with E-state index in [9.17, 15) is 4.79 Å². The number of rotatable bonds is 3. The summed E-state index contributed by atoms with van der Waals surface area (Å²) in [6, 6.07) is 0. The summed E-state index contributed by atoms with van der Waals surface area (Å²) in [6.07, 6.45) is 14.8. The molecule has 6 atom stereocenters. The van der Waals surface area contributed by atoms with Crippen LogP contribution in [0.1, 0.15) is 65.2 Å². The van der Waals surface area contributed by atoms with E-state index < -0.39 is 5.97 Å². The van der Waals surface area contributed by atoms with E-state index in [1.54, 1.807) is 0 Å². The van der Waals surface area contributed by atoms with Gasteiger partial charge < -0.3 is 9.94 Å². The first-order valence-corrected chi connectivity index (χ1v) is 9.99. The molecule has 0 aromatic rings. The molecule has 138 valence electrons. The van der Waals surface area contributed by atoms with Crippen molar-refractivity contribution in [3.05, 3.63) is 12.2 Å². The van der Waals surface area contributed by atoms with Gasteiger partial charge in [0.25, 0.3) is 0 Å². The molecule has 4 aliphatic carbocycles. The number of carbonyl (C=O) groups is 1.